The minimum Gasteiger partial charge on any atom is -0.493 e. The maximum Gasteiger partial charge on any atom is 0.344 e. The topological polar surface area (TPSA) is 90.1 Å². The molecule has 0 aliphatic heterocycles. The molecule has 28 heavy (non-hydrogen) atoms. The van der Waals surface area contributed by atoms with Gasteiger partial charge in [0.15, 0.2) is 22.6 Å². The highest BCUT2D eigenvalue weighted by Crippen LogP contribution is 2.29. The highest BCUT2D eigenvalue weighted by molar-refractivity contribution is 7.15. The lowest BCUT2D eigenvalue weighted by Crippen LogP contribution is -2.23. The molecule has 8 heteroatoms. The van der Waals surface area contributed by atoms with E-state index in [4.69, 9.17) is 14.6 Å². The monoisotopic (exact) mass is 396 g/mol. The van der Waals surface area contributed by atoms with Crippen molar-refractivity contribution >= 4 is 39.4 Å². The van der Waals surface area contributed by atoms with E-state index in [-0.39, 0.29) is 5.56 Å². The Kier molecular flexibility index (Phi) is 4.48. The van der Waals surface area contributed by atoms with Gasteiger partial charge in [-0.2, -0.15) is 0 Å². The Bertz CT molecular complexity index is 1310. The molecule has 2 heterocycles. The van der Waals surface area contributed by atoms with E-state index in [0.717, 1.165) is 16.6 Å². The van der Waals surface area contributed by atoms with E-state index in [1.54, 1.807) is 28.7 Å². The van der Waals surface area contributed by atoms with Gasteiger partial charge in [-0.1, -0.05) is 29.5 Å². The summed E-state index contributed by atoms with van der Waals surface area (Å²) in [5.41, 5.74) is 2.17. The fourth-order valence-electron chi connectivity index (χ4n) is 2.88. The number of aliphatic carboxylic acids is 1. The van der Waals surface area contributed by atoms with Crippen molar-refractivity contribution in [3.63, 3.8) is 0 Å². The molecular weight excluding hydrogens is 380 g/mol. The smallest absolute Gasteiger partial charge is 0.344 e. The number of nitrogens with zero attached hydrogens (tertiary/aromatic N) is 2. The standard InChI is InChI=1S/C20H16N2O5S/c1-11(19(24)25)27-15-8-7-12(9-16(15)26-2)10-17-18(23)22-14-6-4-3-5-13(14)21-20(22)28-17/h3-11H,1-2H3,(H,24,25)/b17-10-/t11-/m0/s1. The summed E-state index contributed by atoms with van der Waals surface area (Å²) in [6.07, 6.45) is 0.749. The van der Waals surface area contributed by atoms with E-state index >= 15 is 0 Å². The van der Waals surface area contributed by atoms with Gasteiger partial charge in [0.1, 0.15) is 0 Å². The van der Waals surface area contributed by atoms with Gasteiger partial charge in [0, 0.05) is 0 Å². The normalized spacial score (nSPS) is 13.1. The number of carboxylic acid groups (broad SMARTS) is 1. The van der Waals surface area contributed by atoms with Crippen molar-refractivity contribution in [2.75, 3.05) is 7.11 Å². The number of benzene rings is 2. The number of hydrogen-bond acceptors (Lipinski definition) is 6. The summed E-state index contributed by atoms with van der Waals surface area (Å²) < 4.78 is 12.9. The summed E-state index contributed by atoms with van der Waals surface area (Å²) >= 11 is 1.31. The van der Waals surface area contributed by atoms with Crippen LogP contribution < -0.4 is 19.6 Å². The highest BCUT2D eigenvalue weighted by atomic mass is 32.1. The number of imidazole rings is 1. The third-order valence-electron chi connectivity index (χ3n) is 4.28. The van der Waals surface area contributed by atoms with Crippen molar-refractivity contribution in [2.24, 2.45) is 0 Å². The zero-order chi connectivity index (χ0) is 19.8. The lowest BCUT2D eigenvalue weighted by atomic mass is 10.2. The van der Waals surface area contributed by atoms with Crippen molar-refractivity contribution < 1.29 is 19.4 Å². The van der Waals surface area contributed by atoms with E-state index in [9.17, 15) is 9.59 Å². The van der Waals surface area contributed by atoms with Crippen molar-refractivity contribution in [3.8, 4) is 11.5 Å². The van der Waals surface area contributed by atoms with Crippen LogP contribution in [-0.4, -0.2) is 33.7 Å². The Hall–Kier alpha value is -3.39. The van der Waals surface area contributed by atoms with Crippen LogP contribution in [0.15, 0.2) is 47.3 Å². The van der Waals surface area contributed by atoms with Gasteiger partial charge in [0.2, 0.25) is 0 Å². The SMILES string of the molecule is COc1cc(/C=c2\sc3nc4ccccc4n3c2=O)ccc1O[C@@H](C)C(=O)O. The largest absolute Gasteiger partial charge is 0.493 e. The molecule has 1 atom stereocenters. The molecule has 0 unspecified atom stereocenters. The van der Waals surface area contributed by atoms with Crippen LogP contribution in [0.3, 0.4) is 0 Å². The minimum atomic E-state index is -1.07. The first-order chi connectivity index (χ1) is 13.5. The fraction of sp³-hybridized carbons (Fsp3) is 0.150. The number of hydrogen-bond donors (Lipinski definition) is 1. The first-order valence-electron chi connectivity index (χ1n) is 8.47. The van der Waals surface area contributed by atoms with Gasteiger partial charge in [-0.05, 0) is 42.8 Å². The number of carboxylic acids is 1. The average Bonchev–Trinajstić information content (AvgIpc) is 3.19. The van der Waals surface area contributed by atoms with Crippen LogP contribution in [0.4, 0.5) is 0 Å². The second-order valence-electron chi connectivity index (χ2n) is 6.14. The van der Waals surface area contributed by atoms with E-state index in [1.807, 2.05) is 24.3 Å². The third-order valence-corrected chi connectivity index (χ3v) is 5.25. The van der Waals surface area contributed by atoms with Crippen LogP contribution in [-0.2, 0) is 4.79 Å². The molecule has 4 aromatic rings. The number of ether oxygens (including phenoxy) is 2. The first-order valence-corrected chi connectivity index (χ1v) is 9.29. The highest BCUT2D eigenvalue weighted by Gasteiger charge is 2.16. The molecule has 0 saturated heterocycles. The number of methoxy groups -OCH3 is 1. The van der Waals surface area contributed by atoms with Gasteiger partial charge in [0.05, 0.1) is 22.7 Å². The van der Waals surface area contributed by atoms with Crippen molar-refractivity contribution in [2.45, 2.75) is 13.0 Å². The first kappa shape index (κ1) is 18.0. The van der Waals surface area contributed by atoms with Crippen LogP contribution >= 0.6 is 11.3 Å². The lowest BCUT2D eigenvalue weighted by molar-refractivity contribution is -0.144. The predicted molar refractivity (Wildman–Crippen MR) is 106 cm³/mol. The molecule has 7 nitrogen and oxygen atoms in total. The maximum absolute atomic E-state index is 12.8. The summed E-state index contributed by atoms with van der Waals surface area (Å²) in [5.74, 6) is -0.354. The molecule has 0 bridgehead atoms. The number of thiazole rings is 1. The Labute approximate surface area is 163 Å². The van der Waals surface area contributed by atoms with Crippen LogP contribution in [0, 0.1) is 0 Å². The van der Waals surface area contributed by atoms with Crippen molar-refractivity contribution in [1.29, 1.82) is 0 Å². The van der Waals surface area contributed by atoms with Gasteiger partial charge < -0.3 is 14.6 Å². The molecule has 0 radical (unpaired) electrons. The van der Waals surface area contributed by atoms with Gasteiger partial charge in [-0.25, -0.2) is 14.2 Å². The molecule has 0 aliphatic rings. The van der Waals surface area contributed by atoms with Crippen LogP contribution in [0.1, 0.15) is 12.5 Å². The van der Waals surface area contributed by atoms with Crippen LogP contribution in [0.5, 0.6) is 11.5 Å². The molecule has 2 aromatic carbocycles. The third kappa shape index (κ3) is 3.07. The summed E-state index contributed by atoms with van der Waals surface area (Å²) in [4.78, 5) is 29.0. The maximum atomic E-state index is 12.8. The van der Waals surface area contributed by atoms with Gasteiger partial charge >= 0.3 is 5.97 Å². The van der Waals surface area contributed by atoms with Gasteiger partial charge in [-0.15, -0.1) is 0 Å². The Morgan fingerprint density at radius 2 is 2.04 bits per heavy atom. The predicted octanol–water partition coefficient (Wildman–Crippen LogP) is 2.32. The quantitative estimate of drug-likeness (QED) is 0.557. The van der Waals surface area contributed by atoms with Crippen LogP contribution in [0.2, 0.25) is 0 Å². The number of carbonyl (C=O) groups is 1. The Morgan fingerprint density at radius 1 is 1.25 bits per heavy atom. The van der Waals surface area contributed by atoms with E-state index in [0.29, 0.717) is 21.0 Å². The molecular formula is C20H16N2O5S. The number of rotatable bonds is 5. The van der Waals surface area contributed by atoms with Crippen molar-refractivity contribution in [3.05, 3.63) is 62.9 Å². The zero-order valence-corrected chi connectivity index (χ0v) is 15.9. The van der Waals surface area contributed by atoms with Gasteiger partial charge in [-0.3, -0.25) is 4.79 Å². The van der Waals surface area contributed by atoms with Crippen LogP contribution in [0.25, 0.3) is 22.1 Å². The molecule has 0 spiro atoms. The molecule has 142 valence electrons. The molecule has 0 aliphatic carbocycles. The summed E-state index contributed by atoms with van der Waals surface area (Å²) in [5, 5.41) is 9.00. The molecule has 0 fully saturated rings. The second kappa shape index (κ2) is 6.97. The summed E-state index contributed by atoms with van der Waals surface area (Å²) in [6.45, 7) is 1.44. The van der Waals surface area contributed by atoms with E-state index < -0.39 is 12.1 Å². The van der Waals surface area contributed by atoms with Gasteiger partial charge in [0.25, 0.3) is 5.56 Å². The average molecular weight is 396 g/mol. The fourth-order valence-corrected chi connectivity index (χ4v) is 3.86. The Balaban J connectivity index is 1.77. The number of aromatic nitrogens is 2. The second-order valence-corrected chi connectivity index (χ2v) is 7.15. The zero-order valence-electron chi connectivity index (χ0n) is 15.1. The van der Waals surface area contributed by atoms with E-state index in [2.05, 4.69) is 4.98 Å². The molecule has 4 rings (SSSR count). The summed E-state index contributed by atoms with van der Waals surface area (Å²) in [7, 11) is 1.47. The minimum absolute atomic E-state index is 0.132. The molecule has 0 saturated carbocycles. The Morgan fingerprint density at radius 3 is 2.79 bits per heavy atom. The number of para-hydroxylation sites is 2. The molecule has 2 aromatic heterocycles. The molecule has 0 amide bonds. The number of fused-ring (bicyclic) bond motifs is 3. The molecule has 1 N–H and O–H groups in total. The van der Waals surface area contributed by atoms with Crippen molar-refractivity contribution in [1.82, 2.24) is 9.38 Å². The summed E-state index contributed by atoms with van der Waals surface area (Å²) in [6, 6.07) is 12.6. The lowest BCUT2D eigenvalue weighted by Gasteiger charge is -2.14. The van der Waals surface area contributed by atoms with E-state index in [1.165, 1.54) is 25.4 Å².